The summed E-state index contributed by atoms with van der Waals surface area (Å²) in [5, 5.41) is 18.0. The van der Waals surface area contributed by atoms with Crippen molar-refractivity contribution in [2.45, 2.75) is 33.1 Å². The average molecular weight is 266 g/mol. The van der Waals surface area contributed by atoms with Gasteiger partial charge in [0.05, 0.1) is 5.56 Å². The summed E-state index contributed by atoms with van der Waals surface area (Å²) >= 11 is 0. The fourth-order valence-electron chi connectivity index (χ4n) is 1.94. The van der Waals surface area contributed by atoms with Crippen molar-refractivity contribution in [3.05, 3.63) is 23.4 Å². The van der Waals surface area contributed by atoms with E-state index in [1.165, 1.54) is 0 Å². The molecule has 5 nitrogen and oxygen atoms in total. The normalized spacial score (nSPS) is 10.5. The van der Waals surface area contributed by atoms with Gasteiger partial charge in [0.25, 0.3) is 0 Å². The fraction of sp³-hybridized carbons (Fsp3) is 0.571. The molecule has 1 rings (SSSR count). The molecule has 19 heavy (non-hydrogen) atoms. The molecule has 0 saturated carbocycles. The van der Waals surface area contributed by atoms with Gasteiger partial charge in [0, 0.05) is 25.4 Å². The number of hydrogen-bond donors (Lipinski definition) is 2. The van der Waals surface area contributed by atoms with Crippen LogP contribution in [-0.2, 0) is 6.42 Å². The van der Waals surface area contributed by atoms with E-state index in [9.17, 15) is 4.79 Å². The number of carboxylic acids is 1. The van der Waals surface area contributed by atoms with Crippen molar-refractivity contribution in [2.75, 3.05) is 24.6 Å². The quantitative estimate of drug-likeness (QED) is 0.752. The number of carbonyl (C=O) groups is 1. The van der Waals surface area contributed by atoms with Gasteiger partial charge in [0.2, 0.25) is 0 Å². The van der Waals surface area contributed by atoms with Gasteiger partial charge in [-0.05, 0) is 31.9 Å². The van der Waals surface area contributed by atoms with Crippen molar-refractivity contribution in [3.8, 4) is 0 Å². The second kappa shape index (κ2) is 7.74. The first-order valence-corrected chi connectivity index (χ1v) is 6.72. The van der Waals surface area contributed by atoms with Crippen LogP contribution in [0.2, 0.25) is 0 Å². The Kier molecular flexibility index (Phi) is 6.29. The lowest BCUT2D eigenvalue weighted by atomic mass is 10.1. The van der Waals surface area contributed by atoms with Crippen molar-refractivity contribution in [1.82, 2.24) is 4.98 Å². The van der Waals surface area contributed by atoms with Crippen LogP contribution >= 0.6 is 0 Å². The van der Waals surface area contributed by atoms with E-state index in [1.54, 1.807) is 12.1 Å². The molecule has 0 radical (unpaired) electrons. The summed E-state index contributed by atoms with van der Waals surface area (Å²) in [5.41, 5.74) is 1.08. The van der Waals surface area contributed by atoms with E-state index in [1.807, 2.05) is 18.7 Å². The highest BCUT2D eigenvalue weighted by molar-refractivity contribution is 5.88. The molecule has 0 aliphatic heterocycles. The molecule has 0 aliphatic rings. The minimum atomic E-state index is -0.931. The van der Waals surface area contributed by atoms with Crippen molar-refractivity contribution >= 4 is 11.8 Å². The Bertz CT molecular complexity index is 421. The second-order valence-electron chi connectivity index (χ2n) is 4.42. The molecule has 0 aromatic carbocycles. The highest BCUT2D eigenvalue weighted by atomic mass is 16.4. The Balaban J connectivity index is 3.05. The van der Waals surface area contributed by atoms with Crippen molar-refractivity contribution in [2.24, 2.45) is 0 Å². The van der Waals surface area contributed by atoms with E-state index < -0.39 is 5.97 Å². The van der Waals surface area contributed by atoms with Gasteiger partial charge in [0.15, 0.2) is 0 Å². The summed E-state index contributed by atoms with van der Waals surface area (Å²) in [6, 6.07) is 3.23. The van der Waals surface area contributed by atoms with Crippen molar-refractivity contribution in [3.63, 3.8) is 0 Å². The first kappa shape index (κ1) is 15.4. The average Bonchev–Trinajstić information content (AvgIpc) is 2.39. The molecule has 0 bridgehead atoms. The van der Waals surface area contributed by atoms with Crippen LogP contribution in [0, 0.1) is 0 Å². The van der Waals surface area contributed by atoms with Gasteiger partial charge in [-0.3, -0.25) is 0 Å². The standard InChI is InChI=1S/C14H22N2O3/c1-3-6-12-9-11(14(18)19)10-13(15-12)16(4-2)7-5-8-17/h9-10,17H,3-8H2,1-2H3,(H,18,19). The number of pyridine rings is 1. The number of rotatable bonds is 8. The van der Waals surface area contributed by atoms with E-state index in [-0.39, 0.29) is 12.2 Å². The second-order valence-corrected chi connectivity index (χ2v) is 4.42. The maximum atomic E-state index is 11.1. The summed E-state index contributed by atoms with van der Waals surface area (Å²) in [6.45, 7) is 5.57. The number of aliphatic hydroxyl groups is 1. The fourth-order valence-corrected chi connectivity index (χ4v) is 1.94. The topological polar surface area (TPSA) is 73.7 Å². The van der Waals surface area contributed by atoms with Crippen LogP contribution < -0.4 is 4.90 Å². The molecule has 0 amide bonds. The number of aromatic carboxylic acids is 1. The molecule has 0 unspecified atom stereocenters. The zero-order valence-corrected chi connectivity index (χ0v) is 11.6. The van der Waals surface area contributed by atoms with E-state index in [0.717, 1.165) is 25.1 Å². The van der Waals surface area contributed by atoms with Crippen LogP contribution in [0.1, 0.15) is 42.7 Å². The molecule has 0 fully saturated rings. The van der Waals surface area contributed by atoms with Gasteiger partial charge in [-0.1, -0.05) is 13.3 Å². The van der Waals surface area contributed by atoms with Crippen LogP contribution in [0.4, 0.5) is 5.82 Å². The largest absolute Gasteiger partial charge is 0.478 e. The van der Waals surface area contributed by atoms with Gasteiger partial charge in [-0.15, -0.1) is 0 Å². The van der Waals surface area contributed by atoms with E-state index >= 15 is 0 Å². The number of hydrogen-bond acceptors (Lipinski definition) is 4. The number of nitrogens with zero attached hydrogens (tertiary/aromatic N) is 2. The van der Waals surface area contributed by atoms with Gasteiger partial charge in [0.1, 0.15) is 5.82 Å². The van der Waals surface area contributed by atoms with E-state index in [4.69, 9.17) is 10.2 Å². The highest BCUT2D eigenvalue weighted by Gasteiger charge is 2.12. The number of anilines is 1. The maximum absolute atomic E-state index is 11.1. The Morgan fingerprint density at radius 1 is 1.37 bits per heavy atom. The third-order valence-electron chi connectivity index (χ3n) is 2.91. The zero-order chi connectivity index (χ0) is 14.3. The monoisotopic (exact) mass is 266 g/mol. The van der Waals surface area contributed by atoms with Gasteiger partial charge in [-0.25, -0.2) is 9.78 Å². The molecule has 0 atom stereocenters. The summed E-state index contributed by atoms with van der Waals surface area (Å²) < 4.78 is 0. The first-order valence-electron chi connectivity index (χ1n) is 6.72. The lowest BCUT2D eigenvalue weighted by Crippen LogP contribution is -2.26. The maximum Gasteiger partial charge on any atom is 0.335 e. The number of aliphatic hydroxyl groups excluding tert-OH is 1. The molecular weight excluding hydrogens is 244 g/mol. The molecule has 1 aromatic rings. The lowest BCUT2D eigenvalue weighted by Gasteiger charge is -2.22. The van der Waals surface area contributed by atoms with Crippen LogP contribution in [0.15, 0.2) is 12.1 Å². The molecule has 0 saturated heterocycles. The molecule has 0 aliphatic carbocycles. The SMILES string of the molecule is CCCc1cc(C(=O)O)cc(N(CC)CCCO)n1. The molecule has 5 heteroatoms. The lowest BCUT2D eigenvalue weighted by molar-refractivity contribution is 0.0696. The summed E-state index contributed by atoms with van der Waals surface area (Å²) in [4.78, 5) is 17.6. The Morgan fingerprint density at radius 2 is 2.11 bits per heavy atom. The third kappa shape index (κ3) is 4.52. The molecular formula is C14H22N2O3. The Morgan fingerprint density at radius 3 is 2.63 bits per heavy atom. The summed E-state index contributed by atoms with van der Waals surface area (Å²) in [7, 11) is 0. The molecule has 1 heterocycles. The minimum Gasteiger partial charge on any atom is -0.478 e. The third-order valence-corrected chi connectivity index (χ3v) is 2.91. The molecule has 2 N–H and O–H groups in total. The molecule has 106 valence electrons. The number of aryl methyl sites for hydroxylation is 1. The highest BCUT2D eigenvalue weighted by Crippen LogP contribution is 2.17. The van der Waals surface area contributed by atoms with Crippen LogP contribution in [0.5, 0.6) is 0 Å². The van der Waals surface area contributed by atoms with Gasteiger partial charge in [-0.2, -0.15) is 0 Å². The van der Waals surface area contributed by atoms with Crippen LogP contribution in [-0.4, -0.2) is 40.9 Å². The smallest absolute Gasteiger partial charge is 0.335 e. The predicted octanol–water partition coefficient (Wildman–Crippen LogP) is 1.94. The predicted molar refractivity (Wildman–Crippen MR) is 74.8 cm³/mol. The van der Waals surface area contributed by atoms with Crippen molar-refractivity contribution in [1.29, 1.82) is 0 Å². The summed E-state index contributed by atoms with van der Waals surface area (Å²) in [5.74, 6) is -0.251. The minimum absolute atomic E-state index is 0.122. The Hall–Kier alpha value is -1.62. The van der Waals surface area contributed by atoms with Gasteiger partial charge < -0.3 is 15.1 Å². The van der Waals surface area contributed by atoms with E-state index in [2.05, 4.69) is 4.98 Å². The Labute approximate surface area is 113 Å². The van der Waals surface area contributed by atoms with Gasteiger partial charge >= 0.3 is 5.97 Å². The summed E-state index contributed by atoms with van der Waals surface area (Å²) in [6.07, 6.45) is 2.35. The molecule has 1 aromatic heterocycles. The molecule has 0 spiro atoms. The zero-order valence-electron chi connectivity index (χ0n) is 11.6. The van der Waals surface area contributed by atoms with Crippen LogP contribution in [0.3, 0.4) is 0 Å². The number of carboxylic acid groups (broad SMARTS) is 1. The van der Waals surface area contributed by atoms with Crippen LogP contribution in [0.25, 0.3) is 0 Å². The van der Waals surface area contributed by atoms with E-state index in [0.29, 0.717) is 18.8 Å². The number of aromatic nitrogens is 1. The van der Waals surface area contributed by atoms with Crippen molar-refractivity contribution < 1.29 is 15.0 Å². The first-order chi connectivity index (χ1) is 9.12.